The molecule has 0 unspecified atom stereocenters. The lowest BCUT2D eigenvalue weighted by Crippen LogP contribution is -2.11. The molecule has 152 valence electrons. The van der Waals surface area contributed by atoms with E-state index < -0.39 is 0 Å². The van der Waals surface area contributed by atoms with E-state index in [0.29, 0.717) is 0 Å². The molecule has 4 heteroatoms. The molecule has 4 rings (SSSR count). The molecule has 4 nitrogen and oxygen atoms in total. The van der Waals surface area contributed by atoms with Crippen molar-refractivity contribution in [3.8, 4) is 0 Å². The lowest BCUT2D eigenvalue weighted by molar-refractivity contribution is -0.140. The van der Waals surface area contributed by atoms with Gasteiger partial charge in [-0.15, -0.1) is 0 Å². The highest BCUT2D eigenvalue weighted by molar-refractivity contribution is 6.11. The number of aryl methyl sites for hydroxylation is 1. The highest BCUT2D eigenvalue weighted by Gasteiger charge is 2.17. The van der Waals surface area contributed by atoms with Crippen molar-refractivity contribution in [1.29, 1.82) is 0 Å². The van der Waals surface area contributed by atoms with Gasteiger partial charge >= 0.3 is 5.97 Å². The van der Waals surface area contributed by atoms with Crippen LogP contribution in [-0.2, 0) is 16.2 Å². The minimum atomic E-state index is -0.371. The van der Waals surface area contributed by atoms with Crippen LogP contribution in [0.25, 0.3) is 21.8 Å². The molecule has 1 fully saturated rings. The Morgan fingerprint density at radius 3 is 2.59 bits per heavy atom. The molecule has 1 saturated carbocycles. The summed E-state index contributed by atoms with van der Waals surface area (Å²) in [6.45, 7) is 4.51. The normalized spacial score (nSPS) is 15.9. The first-order chi connectivity index (χ1) is 14.2. The molecule has 0 saturated heterocycles. The Morgan fingerprint density at radius 2 is 1.83 bits per heavy atom. The van der Waals surface area contributed by atoms with Crippen LogP contribution in [0.5, 0.6) is 0 Å². The van der Waals surface area contributed by atoms with E-state index in [4.69, 9.17) is 4.84 Å². The molecule has 0 amide bonds. The second-order valence-corrected chi connectivity index (χ2v) is 8.16. The molecule has 1 aliphatic carbocycles. The minimum Gasteiger partial charge on any atom is -0.341 e. The first-order valence-electron chi connectivity index (χ1n) is 10.9. The van der Waals surface area contributed by atoms with Crippen molar-refractivity contribution in [2.45, 2.75) is 65.3 Å². The third-order valence-corrected chi connectivity index (χ3v) is 6.22. The number of carbonyl (C=O) groups is 1. The molecule has 2 aromatic carbocycles. The maximum atomic E-state index is 11.4. The smallest absolute Gasteiger partial charge is 0.331 e. The zero-order chi connectivity index (χ0) is 20.2. The third-order valence-electron chi connectivity index (χ3n) is 6.22. The van der Waals surface area contributed by atoms with Crippen molar-refractivity contribution in [3.05, 3.63) is 48.0 Å². The maximum Gasteiger partial charge on any atom is 0.331 e. The van der Waals surface area contributed by atoms with Gasteiger partial charge in [0.15, 0.2) is 0 Å². The Labute approximate surface area is 172 Å². The molecule has 0 N–H and O–H groups in total. The number of benzene rings is 2. The van der Waals surface area contributed by atoms with E-state index in [9.17, 15) is 4.79 Å². The monoisotopic (exact) mass is 390 g/mol. The van der Waals surface area contributed by atoms with Gasteiger partial charge in [0.05, 0.1) is 5.71 Å². The van der Waals surface area contributed by atoms with E-state index >= 15 is 0 Å². The van der Waals surface area contributed by atoms with E-state index in [1.807, 2.05) is 0 Å². The fourth-order valence-electron chi connectivity index (χ4n) is 4.75. The number of carbonyl (C=O) groups excluding carboxylic acids is 1. The van der Waals surface area contributed by atoms with E-state index in [1.165, 1.54) is 60.8 Å². The average molecular weight is 391 g/mol. The van der Waals surface area contributed by atoms with Gasteiger partial charge in [-0.2, -0.15) is 0 Å². The van der Waals surface area contributed by atoms with Crippen LogP contribution in [0.15, 0.2) is 47.6 Å². The van der Waals surface area contributed by atoms with Gasteiger partial charge in [-0.05, 0) is 43.9 Å². The van der Waals surface area contributed by atoms with Crippen LogP contribution in [0.4, 0.5) is 0 Å². The van der Waals surface area contributed by atoms with Crippen LogP contribution in [0, 0.1) is 5.92 Å². The number of fused-ring (bicyclic) bond motifs is 3. The Balaban J connectivity index is 1.70. The molecule has 3 aromatic rings. The van der Waals surface area contributed by atoms with Gasteiger partial charge in [0.25, 0.3) is 0 Å². The summed E-state index contributed by atoms with van der Waals surface area (Å²) in [4.78, 5) is 16.5. The van der Waals surface area contributed by atoms with Crippen molar-refractivity contribution in [2.24, 2.45) is 11.1 Å². The highest BCUT2D eigenvalue weighted by atomic mass is 16.7. The number of rotatable bonds is 6. The fourth-order valence-corrected chi connectivity index (χ4v) is 4.75. The number of hydrogen-bond donors (Lipinski definition) is 0. The van der Waals surface area contributed by atoms with E-state index in [-0.39, 0.29) is 5.97 Å². The number of oxime groups is 1. The quantitative estimate of drug-likeness (QED) is 0.276. The Bertz CT molecular complexity index is 1040. The summed E-state index contributed by atoms with van der Waals surface area (Å²) in [7, 11) is 0. The average Bonchev–Trinajstić information content (AvgIpc) is 3.07. The SMILES string of the molecule is CCn1c2ccccc2c2cc(C(CCC3CCCCC3)=NOC(C)=O)ccc21. The molecule has 0 spiro atoms. The second-order valence-electron chi connectivity index (χ2n) is 8.16. The molecule has 0 aliphatic heterocycles. The minimum absolute atomic E-state index is 0.371. The summed E-state index contributed by atoms with van der Waals surface area (Å²) < 4.78 is 2.35. The zero-order valence-electron chi connectivity index (χ0n) is 17.5. The Morgan fingerprint density at radius 1 is 1.07 bits per heavy atom. The van der Waals surface area contributed by atoms with Crippen molar-refractivity contribution in [2.75, 3.05) is 0 Å². The predicted molar refractivity (Wildman–Crippen MR) is 119 cm³/mol. The molecular formula is C25H30N2O2. The molecule has 0 atom stereocenters. The Hall–Kier alpha value is -2.62. The first kappa shape index (κ1) is 19.7. The Kier molecular flexibility index (Phi) is 5.98. The lowest BCUT2D eigenvalue weighted by Gasteiger charge is -2.21. The molecule has 0 bridgehead atoms. The summed E-state index contributed by atoms with van der Waals surface area (Å²) in [5.74, 6) is 0.390. The predicted octanol–water partition coefficient (Wildman–Crippen LogP) is 6.44. The standard InChI is InChI=1S/C25H30N2O2/c1-3-27-24-12-8-7-11-21(24)22-17-20(14-16-25(22)27)23(26-29-18(2)28)15-13-19-9-5-4-6-10-19/h7-8,11-12,14,16-17,19H,3-6,9-10,13,15H2,1-2H3. The van der Waals surface area contributed by atoms with E-state index in [2.05, 4.69) is 59.1 Å². The first-order valence-corrected chi connectivity index (χ1v) is 10.9. The van der Waals surface area contributed by atoms with E-state index in [1.54, 1.807) is 0 Å². The van der Waals surface area contributed by atoms with Crippen LogP contribution >= 0.6 is 0 Å². The molecule has 1 aliphatic rings. The molecule has 0 radical (unpaired) electrons. The zero-order valence-corrected chi connectivity index (χ0v) is 17.5. The van der Waals surface area contributed by atoms with Crippen LogP contribution < -0.4 is 0 Å². The fraction of sp³-hybridized carbons (Fsp3) is 0.440. The number of nitrogens with zero attached hydrogens (tertiary/aromatic N) is 2. The summed E-state index contributed by atoms with van der Waals surface area (Å²) in [5, 5.41) is 6.74. The van der Waals surface area contributed by atoms with Gasteiger partial charge < -0.3 is 9.40 Å². The van der Waals surface area contributed by atoms with Gasteiger partial charge in [0.1, 0.15) is 0 Å². The van der Waals surface area contributed by atoms with Crippen molar-refractivity contribution >= 4 is 33.5 Å². The topological polar surface area (TPSA) is 43.6 Å². The molecule has 29 heavy (non-hydrogen) atoms. The highest BCUT2D eigenvalue weighted by Crippen LogP contribution is 2.31. The van der Waals surface area contributed by atoms with Gasteiger partial charge in [0, 0.05) is 40.8 Å². The van der Waals surface area contributed by atoms with Gasteiger partial charge in [0.2, 0.25) is 0 Å². The van der Waals surface area contributed by atoms with Crippen LogP contribution in [0.3, 0.4) is 0 Å². The lowest BCUT2D eigenvalue weighted by atomic mass is 9.85. The van der Waals surface area contributed by atoms with Gasteiger partial charge in [-0.3, -0.25) is 0 Å². The molecule has 1 aromatic heterocycles. The molecule has 1 heterocycles. The van der Waals surface area contributed by atoms with Crippen molar-refractivity contribution < 1.29 is 9.63 Å². The van der Waals surface area contributed by atoms with Crippen LogP contribution in [0.1, 0.15) is 64.4 Å². The van der Waals surface area contributed by atoms with Crippen molar-refractivity contribution in [3.63, 3.8) is 0 Å². The maximum absolute atomic E-state index is 11.4. The number of hydrogen-bond acceptors (Lipinski definition) is 3. The van der Waals surface area contributed by atoms with E-state index in [0.717, 1.165) is 36.6 Å². The van der Waals surface area contributed by atoms with Gasteiger partial charge in [-0.1, -0.05) is 61.5 Å². The number of para-hydroxylation sites is 1. The summed E-state index contributed by atoms with van der Waals surface area (Å²) in [6.07, 6.45) is 8.61. The van der Waals surface area contributed by atoms with Crippen LogP contribution in [0.2, 0.25) is 0 Å². The number of aromatic nitrogens is 1. The summed E-state index contributed by atoms with van der Waals surface area (Å²) in [6, 6.07) is 15.0. The largest absolute Gasteiger partial charge is 0.341 e. The van der Waals surface area contributed by atoms with Crippen LogP contribution in [-0.4, -0.2) is 16.2 Å². The third kappa shape index (κ3) is 4.21. The summed E-state index contributed by atoms with van der Waals surface area (Å²) >= 11 is 0. The second kappa shape index (κ2) is 8.81. The summed E-state index contributed by atoms with van der Waals surface area (Å²) in [5.41, 5.74) is 4.41. The van der Waals surface area contributed by atoms with Crippen molar-refractivity contribution in [1.82, 2.24) is 4.57 Å². The van der Waals surface area contributed by atoms with Gasteiger partial charge in [-0.25, -0.2) is 4.79 Å². The molecular weight excluding hydrogens is 360 g/mol.